The summed E-state index contributed by atoms with van der Waals surface area (Å²) in [6.07, 6.45) is 7.20. The van der Waals surface area contributed by atoms with Crippen molar-refractivity contribution in [2.24, 2.45) is 5.92 Å². The molecule has 106 valence electrons. The number of furan rings is 1. The fraction of sp³-hybridized carbons (Fsp3) is 0.750. The molecule has 3 nitrogen and oxygen atoms in total. The lowest BCUT2D eigenvalue weighted by Gasteiger charge is -2.27. The predicted octanol–water partition coefficient (Wildman–Crippen LogP) is 3.15. The summed E-state index contributed by atoms with van der Waals surface area (Å²) in [5, 5.41) is 3.58. The normalized spacial score (nSPS) is 24.5. The van der Waals surface area contributed by atoms with E-state index in [-0.39, 0.29) is 0 Å². The van der Waals surface area contributed by atoms with Crippen molar-refractivity contribution in [3.05, 3.63) is 23.7 Å². The van der Waals surface area contributed by atoms with Crippen LogP contribution in [0.5, 0.6) is 0 Å². The second-order valence-electron chi connectivity index (χ2n) is 6.45. The minimum Gasteiger partial charge on any atom is -0.468 e. The van der Waals surface area contributed by atoms with Crippen LogP contribution >= 0.6 is 0 Å². The van der Waals surface area contributed by atoms with Crippen molar-refractivity contribution in [2.45, 2.75) is 64.7 Å². The molecule has 1 unspecified atom stereocenters. The Morgan fingerprint density at radius 1 is 1.37 bits per heavy atom. The molecule has 1 N–H and O–H groups in total. The van der Waals surface area contributed by atoms with Crippen molar-refractivity contribution in [2.75, 3.05) is 6.54 Å². The molecule has 2 aliphatic rings. The van der Waals surface area contributed by atoms with E-state index in [1.54, 1.807) is 0 Å². The topological polar surface area (TPSA) is 28.4 Å². The van der Waals surface area contributed by atoms with Crippen LogP contribution in [0.2, 0.25) is 0 Å². The summed E-state index contributed by atoms with van der Waals surface area (Å²) < 4.78 is 5.73. The summed E-state index contributed by atoms with van der Waals surface area (Å²) in [5.41, 5.74) is 1.35. The monoisotopic (exact) mass is 262 g/mol. The third-order valence-electron chi connectivity index (χ3n) is 4.53. The zero-order valence-corrected chi connectivity index (χ0v) is 12.2. The molecule has 19 heavy (non-hydrogen) atoms. The van der Waals surface area contributed by atoms with Gasteiger partial charge in [0.1, 0.15) is 5.76 Å². The summed E-state index contributed by atoms with van der Waals surface area (Å²) in [5.74, 6) is 1.91. The van der Waals surface area contributed by atoms with Crippen LogP contribution in [0.3, 0.4) is 0 Å². The largest absolute Gasteiger partial charge is 0.468 e. The maximum atomic E-state index is 5.73. The summed E-state index contributed by atoms with van der Waals surface area (Å²) in [6, 6.07) is 3.62. The molecule has 2 heterocycles. The van der Waals surface area contributed by atoms with E-state index >= 15 is 0 Å². The van der Waals surface area contributed by atoms with Gasteiger partial charge in [0.15, 0.2) is 0 Å². The van der Waals surface area contributed by atoms with Crippen LogP contribution in [0.15, 0.2) is 16.7 Å². The fourth-order valence-electron chi connectivity index (χ4n) is 3.19. The second kappa shape index (κ2) is 5.68. The van der Waals surface area contributed by atoms with Crippen LogP contribution in [0, 0.1) is 5.92 Å². The van der Waals surface area contributed by atoms with E-state index in [2.05, 4.69) is 30.1 Å². The first-order valence-corrected chi connectivity index (χ1v) is 7.76. The highest BCUT2D eigenvalue weighted by atomic mass is 16.3. The average Bonchev–Trinajstić information content (AvgIpc) is 2.92. The maximum absolute atomic E-state index is 5.73. The van der Waals surface area contributed by atoms with Crippen molar-refractivity contribution in [1.29, 1.82) is 0 Å². The lowest BCUT2D eigenvalue weighted by atomic mass is 10.0. The number of hydrogen-bond acceptors (Lipinski definition) is 3. The molecule has 2 fully saturated rings. The molecule has 1 atom stereocenters. The Morgan fingerprint density at radius 3 is 2.95 bits per heavy atom. The molecule has 0 spiro atoms. The lowest BCUT2D eigenvalue weighted by molar-refractivity contribution is 0.184. The van der Waals surface area contributed by atoms with Crippen molar-refractivity contribution in [3.63, 3.8) is 0 Å². The Labute approximate surface area is 116 Å². The average molecular weight is 262 g/mol. The molecule has 3 rings (SSSR count). The van der Waals surface area contributed by atoms with E-state index in [0.29, 0.717) is 0 Å². The minimum absolute atomic E-state index is 0.731. The summed E-state index contributed by atoms with van der Waals surface area (Å²) in [7, 11) is 0. The van der Waals surface area contributed by atoms with Gasteiger partial charge in [0.05, 0.1) is 12.8 Å². The molecular weight excluding hydrogens is 236 g/mol. The highest BCUT2D eigenvalue weighted by Crippen LogP contribution is 2.27. The van der Waals surface area contributed by atoms with E-state index in [1.807, 2.05) is 6.26 Å². The van der Waals surface area contributed by atoms with Crippen LogP contribution in [-0.4, -0.2) is 23.5 Å². The summed E-state index contributed by atoms with van der Waals surface area (Å²) in [4.78, 5) is 2.60. The molecule has 0 bridgehead atoms. The van der Waals surface area contributed by atoms with Crippen LogP contribution in [0.25, 0.3) is 0 Å². The van der Waals surface area contributed by atoms with Gasteiger partial charge in [-0.05, 0) is 44.2 Å². The molecular formula is C16H26N2O. The van der Waals surface area contributed by atoms with Gasteiger partial charge in [0, 0.05) is 24.2 Å². The Bertz CT molecular complexity index is 409. The van der Waals surface area contributed by atoms with E-state index < -0.39 is 0 Å². The van der Waals surface area contributed by atoms with Crippen LogP contribution in [0.4, 0.5) is 0 Å². The first-order chi connectivity index (χ1) is 9.24. The SMILES string of the molecule is CC(C)C1CCCN1Cc1occc1CNC1CC1. The molecule has 0 amide bonds. The molecule has 1 saturated carbocycles. The number of likely N-dealkylation sites (tertiary alicyclic amines) is 1. The number of hydrogen-bond donors (Lipinski definition) is 1. The predicted molar refractivity (Wildman–Crippen MR) is 76.8 cm³/mol. The first kappa shape index (κ1) is 13.2. The first-order valence-electron chi connectivity index (χ1n) is 7.76. The van der Waals surface area contributed by atoms with Crippen LogP contribution in [0.1, 0.15) is 50.9 Å². The van der Waals surface area contributed by atoms with Crippen molar-refractivity contribution >= 4 is 0 Å². The van der Waals surface area contributed by atoms with Crippen molar-refractivity contribution in [1.82, 2.24) is 10.2 Å². The quantitative estimate of drug-likeness (QED) is 0.853. The van der Waals surface area contributed by atoms with Gasteiger partial charge in [-0.3, -0.25) is 4.90 Å². The highest BCUT2D eigenvalue weighted by molar-refractivity contribution is 5.17. The zero-order valence-electron chi connectivity index (χ0n) is 12.2. The van der Waals surface area contributed by atoms with Gasteiger partial charge < -0.3 is 9.73 Å². The molecule has 1 aliphatic carbocycles. The maximum Gasteiger partial charge on any atom is 0.122 e. The highest BCUT2D eigenvalue weighted by Gasteiger charge is 2.28. The number of nitrogens with zero attached hydrogens (tertiary/aromatic N) is 1. The molecule has 1 aliphatic heterocycles. The standard InChI is InChI=1S/C16H26N2O/c1-12(2)15-4-3-8-18(15)11-16-13(7-9-19-16)10-17-14-5-6-14/h7,9,12,14-15,17H,3-6,8,10-11H2,1-2H3. The Kier molecular flexibility index (Phi) is 3.94. The Hall–Kier alpha value is -0.800. The van der Waals surface area contributed by atoms with Gasteiger partial charge in [-0.2, -0.15) is 0 Å². The lowest BCUT2D eigenvalue weighted by Crippen LogP contribution is -2.33. The molecule has 1 saturated heterocycles. The van der Waals surface area contributed by atoms with E-state index in [1.165, 1.54) is 43.6 Å². The van der Waals surface area contributed by atoms with Gasteiger partial charge >= 0.3 is 0 Å². The van der Waals surface area contributed by atoms with E-state index in [0.717, 1.165) is 31.1 Å². The van der Waals surface area contributed by atoms with E-state index in [4.69, 9.17) is 4.42 Å². The molecule has 0 radical (unpaired) electrons. The van der Waals surface area contributed by atoms with E-state index in [9.17, 15) is 0 Å². The van der Waals surface area contributed by atoms with Gasteiger partial charge in [0.2, 0.25) is 0 Å². The van der Waals surface area contributed by atoms with Crippen molar-refractivity contribution in [3.8, 4) is 0 Å². The Balaban J connectivity index is 1.60. The molecule has 1 aromatic heterocycles. The molecule has 0 aromatic carbocycles. The van der Waals surface area contributed by atoms with Gasteiger partial charge in [-0.1, -0.05) is 13.8 Å². The second-order valence-corrected chi connectivity index (χ2v) is 6.45. The molecule has 3 heteroatoms. The van der Waals surface area contributed by atoms with Gasteiger partial charge in [0.25, 0.3) is 0 Å². The summed E-state index contributed by atoms with van der Waals surface area (Å²) in [6.45, 7) is 7.84. The van der Waals surface area contributed by atoms with Crippen molar-refractivity contribution < 1.29 is 4.42 Å². The Morgan fingerprint density at radius 2 is 2.21 bits per heavy atom. The third-order valence-corrected chi connectivity index (χ3v) is 4.53. The number of rotatable bonds is 6. The zero-order chi connectivity index (χ0) is 13.2. The smallest absolute Gasteiger partial charge is 0.122 e. The van der Waals surface area contributed by atoms with Gasteiger partial charge in [-0.25, -0.2) is 0 Å². The third kappa shape index (κ3) is 3.21. The van der Waals surface area contributed by atoms with Crippen LogP contribution < -0.4 is 5.32 Å². The van der Waals surface area contributed by atoms with Gasteiger partial charge in [-0.15, -0.1) is 0 Å². The minimum atomic E-state index is 0.731. The summed E-state index contributed by atoms with van der Waals surface area (Å²) >= 11 is 0. The van der Waals surface area contributed by atoms with Crippen LogP contribution in [-0.2, 0) is 13.1 Å². The fourth-order valence-corrected chi connectivity index (χ4v) is 3.19. The molecule has 1 aromatic rings. The number of nitrogens with one attached hydrogen (secondary N) is 1.